The highest BCUT2D eigenvalue weighted by molar-refractivity contribution is 5.83. The van der Waals surface area contributed by atoms with Crippen LogP contribution in [0.5, 0.6) is 0 Å². The van der Waals surface area contributed by atoms with E-state index in [0.29, 0.717) is 0 Å². The van der Waals surface area contributed by atoms with Crippen molar-refractivity contribution in [3.05, 3.63) is 0 Å². The van der Waals surface area contributed by atoms with Crippen LogP contribution < -0.4 is 0 Å². The van der Waals surface area contributed by atoms with Gasteiger partial charge in [-0.15, -0.1) is 0 Å². The topological polar surface area (TPSA) is 38.8 Å². The van der Waals surface area contributed by atoms with Gasteiger partial charge in [-0.3, -0.25) is 0 Å². The summed E-state index contributed by atoms with van der Waals surface area (Å²) < 4.78 is 11.3. The van der Waals surface area contributed by atoms with Crippen LogP contribution in [0, 0.1) is 0 Å². The summed E-state index contributed by atoms with van der Waals surface area (Å²) >= 11 is 0. The zero-order valence-corrected chi connectivity index (χ0v) is 10.5. The molecule has 2 unspecified atom stereocenters. The second-order valence-electron chi connectivity index (χ2n) is 5.76. The number of epoxide rings is 1. The van der Waals surface area contributed by atoms with Gasteiger partial charge in [0, 0.05) is 0 Å². The van der Waals surface area contributed by atoms with E-state index < -0.39 is 5.60 Å². The Kier molecular flexibility index (Phi) is 3.12. The van der Waals surface area contributed by atoms with Crippen molar-refractivity contribution in [2.75, 3.05) is 0 Å². The molecule has 3 heteroatoms. The molecule has 96 valence electrons. The maximum atomic E-state index is 12.2. The summed E-state index contributed by atoms with van der Waals surface area (Å²) in [5.74, 6) is -0.0590. The van der Waals surface area contributed by atoms with Crippen LogP contribution in [0.15, 0.2) is 0 Å². The van der Waals surface area contributed by atoms with E-state index in [9.17, 15) is 4.79 Å². The second-order valence-corrected chi connectivity index (χ2v) is 5.76. The Balaban J connectivity index is 1.58. The lowest BCUT2D eigenvalue weighted by Gasteiger charge is -2.23. The molecule has 0 aromatic heterocycles. The van der Waals surface area contributed by atoms with Crippen molar-refractivity contribution in [3.8, 4) is 0 Å². The molecule has 3 aliphatic rings. The monoisotopic (exact) mass is 238 g/mol. The molecule has 3 rings (SSSR count). The number of hydrogen-bond donors (Lipinski definition) is 0. The van der Waals surface area contributed by atoms with Gasteiger partial charge < -0.3 is 9.47 Å². The summed E-state index contributed by atoms with van der Waals surface area (Å²) in [6.45, 7) is 0. The summed E-state index contributed by atoms with van der Waals surface area (Å²) in [4.78, 5) is 12.2. The normalized spacial score (nSPS) is 38.0. The molecule has 0 aromatic rings. The summed E-state index contributed by atoms with van der Waals surface area (Å²) in [5.41, 5.74) is -0.520. The van der Waals surface area contributed by atoms with E-state index in [1.165, 1.54) is 32.1 Å². The van der Waals surface area contributed by atoms with Crippen molar-refractivity contribution in [2.24, 2.45) is 0 Å². The molecule has 0 spiro atoms. The predicted molar refractivity (Wildman–Crippen MR) is 63.7 cm³/mol. The SMILES string of the molecule is O=C(OC1CCCCC1)C12CCCCCC1O2. The molecule has 1 saturated heterocycles. The Bertz CT molecular complexity index is 296. The lowest BCUT2D eigenvalue weighted by atomic mass is 9.96. The number of hydrogen-bond acceptors (Lipinski definition) is 3. The van der Waals surface area contributed by atoms with Crippen molar-refractivity contribution in [1.82, 2.24) is 0 Å². The highest BCUT2D eigenvalue weighted by Crippen LogP contribution is 2.47. The van der Waals surface area contributed by atoms with E-state index in [2.05, 4.69) is 0 Å². The van der Waals surface area contributed by atoms with Crippen molar-refractivity contribution >= 4 is 5.97 Å². The third-order valence-electron chi connectivity index (χ3n) is 4.50. The summed E-state index contributed by atoms with van der Waals surface area (Å²) in [5, 5.41) is 0. The lowest BCUT2D eigenvalue weighted by Crippen LogP contribution is -2.33. The number of esters is 1. The van der Waals surface area contributed by atoms with Crippen LogP contribution in [0.2, 0.25) is 0 Å². The summed E-state index contributed by atoms with van der Waals surface area (Å²) in [6, 6.07) is 0. The number of carbonyl (C=O) groups is 1. The minimum absolute atomic E-state index is 0.0590. The van der Waals surface area contributed by atoms with Crippen molar-refractivity contribution in [3.63, 3.8) is 0 Å². The largest absolute Gasteiger partial charge is 0.460 e. The van der Waals surface area contributed by atoms with Gasteiger partial charge in [-0.2, -0.15) is 0 Å². The van der Waals surface area contributed by atoms with E-state index in [-0.39, 0.29) is 18.2 Å². The van der Waals surface area contributed by atoms with Gasteiger partial charge in [0.15, 0.2) is 5.60 Å². The number of fused-ring (bicyclic) bond motifs is 1. The van der Waals surface area contributed by atoms with Crippen LogP contribution in [0.4, 0.5) is 0 Å². The van der Waals surface area contributed by atoms with Crippen LogP contribution in [-0.4, -0.2) is 23.8 Å². The highest BCUT2D eigenvalue weighted by Gasteiger charge is 2.63. The Morgan fingerprint density at radius 3 is 2.53 bits per heavy atom. The van der Waals surface area contributed by atoms with Gasteiger partial charge in [-0.1, -0.05) is 19.3 Å². The van der Waals surface area contributed by atoms with Gasteiger partial charge in [0.05, 0.1) is 6.10 Å². The third kappa shape index (κ3) is 2.22. The molecule has 0 aromatic carbocycles. The molecule has 0 N–H and O–H groups in total. The fraction of sp³-hybridized carbons (Fsp3) is 0.929. The molecule has 2 aliphatic carbocycles. The Labute approximate surface area is 103 Å². The maximum Gasteiger partial charge on any atom is 0.341 e. The Morgan fingerprint density at radius 1 is 1.00 bits per heavy atom. The molecular formula is C14H22O3. The minimum atomic E-state index is -0.520. The van der Waals surface area contributed by atoms with Crippen LogP contribution >= 0.6 is 0 Å². The van der Waals surface area contributed by atoms with Gasteiger partial charge in [0.25, 0.3) is 0 Å². The first-order chi connectivity index (χ1) is 8.31. The van der Waals surface area contributed by atoms with Crippen LogP contribution in [-0.2, 0) is 14.3 Å². The maximum absolute atomic E-state index is 12.2. The van der Waals surface area contributed by atoms with Gasteiger partial charge in [-0.05, 0) is 44.9 Å². The fourth-order valence-electron chi connectivity index (χ4n) is 3.34. The molecule has 2 saturated carbocycles. The summed E-state index contributed by atoms with van der Waals surface area (Å²) in [7, 11) is 0. The standard InChI is InChI=1S/C14H22O3/c15-13(16-11-7-3-1-4-8-11)14-10-6-2-5-9-12(14)17-14/h11-12H,1-10H2. The first-order valence-corrected chi connectivity index (χ1v) is 7.20. The van der Waals surface area contributed by atoms with Gasteiger partial charge in [0.1, 0.15) is 6.10 Å². The number of rotatable bonds is 2. The second kappa shape index (κ2) is 4.60. The average Bonchev–Trinajstić information content (AvgIpc) is 3.04. The minimum Gasteiger partial charge on any atom is -0.460 e. The first-order valence-electron chi connectivity index (χ1n) is 7.20. The van der Waals surface area contributed by atoms with Gasteiger partial charge in [-0.25, -0.2) is 4.79 Å². The molecule has 2 atom stereocenters. The molecule has 0 amide bonds. The number of carbonyl (C=O) groups excluding carboxylic acids is 1. The molecule has 0 radical (unpaired) electrons. The number of ether oxygens (including phenoxy) is 2. The predicted octanol–water partition coefficient (Wildman–Crippen LogP) is 2.96. The van der Waals surface area contributed by atoms with E-state index >= 15 is 0 Å². The van der Waals surface area contributed by atoms with E-state index in [1.807, 2.05) is 0 Å². The fourth-order valence-corrected chi connectivity index (χ4v) is 3.34. The third-order valence-corrected chi connectivity index (χ3v) is 4.50. The smallest absolute Gasteiger partial charge is 0.341 e. The molecule has 0 bridgehead atoms. The summed E-state index contributed by atoms with van der Waals surface area (Å²) in [6.07, 6.45) is 11.6. The molecule has 1 heterocycles. The van der Waals surface area contributed by atoms with Crippen LogP contribution in [0.3, 0.4) is 0 Å². The quantitative estimate of drug-likeness (QED) is 0.548. The van der Waals surface area contributed by atoms with Crippen molar-refractivity contribution in [2.45, 2.75) is 82.0 Å². The molecule has 3 nitrogen and oxygen atoms in total. The van der Waals surface area contributed by atoms with Gasteiger partial charge in [0.2, 0.25) is 0 Å². The molecule has 3 fully saturated rings. The zero-order chi connectivity index (χ0) is 11.7. The highest BCUT2D eigenvalue weighted by atomic mass is 16.7. The zero-order valence-electron chi connectivity index (χ0n) is 10.5. The lowest BCUT2D eigenvalue weighted by molar-refractivity contribution is -0.157. The van der Waals surface area contributed by atoms with Gasteiger partial charge >= 0.3 is 5.97 Å². The first kappa shape index (κ1) is 11.5. The Morgan fingerprint density at radius 2 is 1.71 bits per heavy atom. The molecular weight excluding hydrogens is 216 g/mol. The van der Waals surface area contributed by atoms with E-state index in [4.69, 9.17) is 9.47 Å². The van der Waals surface area contributed by atoms with Crippen molar-refractivity contribution < 1.29 is 14.3 Å². The van der Waals surface area contributed by atoms with E-state index in [1.54, 1.807) is 0 Å². The average molecular weight is 238 g/mol. The van der Waals surface area contributed by atoms with Crippen molar-refractivity contribution in [1.29, 1.82) is 0 Å². The van der Waals surface area contributed by atoms with Crippen LogP contribution in [0.25, 0.3) is 0 Å². The molecule has 1 aliphatic heterocycles. The molecule has 17 heavy (non-hydrogen) atoms. The van der Waals surface area contributed by atoms with Crippen LogP contribution in [0.1, 0.15) is 64.2 Å². The Hall–Kier alpha value is -0.570. The van der Waals surface area contributed by atoms with E-state index in [0.717, 1.165) is 32.1 Å².